The number of anilines is 2. The predicted molar refractivity (Wildman–Crippen MR) is 108 cm³/mol. The third kappa shape index (κ3) is 4.52. The lowest BCUT2D eigenvalue weighted by Gasteiger charge is -2.37. The van der Waals surface area contributed by atoms with Crippen molar-refractivity contribution in [2.24, 2.45) is 0 Å². The van der Waals surface area contributed by atoms with E-state index in [0.29, 0.717) is 26.2 Å². The van der Waals surface area contributed by atoms with Crippen molar-refractivity contribution in [2.45, 2.75) is 6.92 Å². The fourth-order valence-electron chi connectivity index (χ4n) is 3.91. The molecular weight excluding hydrogens is 374 g/mol. The first-order chi connectivity index (χ1) is 14.0. The Bertz CT molecular complexity index is 758. The van der Waals surface area contributed by atoms with E-state index >= 15 is 0 Å². The summed E-state index contributed by atoms with van der Waals surface area (Å²) in [5.74, 6) is 2.64. The molecule has 0 saturated carbocycles. The number of piperazine rings is 2. The maximum atomic E-state index is 12.5. The lowest BCUT2D eigenvalue weighted by atomic mass is 10.2. The van der Waals surface area contributed by atoms with E-state index in [2.05, 4.69) is 37.8 Å². The van der Waals surface area contributed by atoms with Crippen LogP contribution in [0, 0.1) is 6.92 Å². The van der Waals surface area contributed by atoms with Crippen molar-refractivity contribution in [3.8, 4) is 0 Å². The molecule has 0 radical (unpaired) electrons. The normalized spacial score (nSPS) is 21.0. The maximum absolute atomic E-state index is 12.5. The van der Waals surface area contributed by atoms with Gasteiger partial charge in [0.25, 0.3) is 0 Å². The summed E-state index contributed by atoms with van der Waals surface area (Å²) in [6, 6.07) is 2.07. The molecule has 158 valence electrons. The van der Waals surface area contributed by atoms with Gasteiger partial charge in [-0.05, 0) is 14.0 Å². The van der Waals surface area contributed by atoms with Crippen LogP contribution in [0.2, 0.25) is 0 Å². The van der Waals surface area contributed by atoms with Crippen molar-refractivity contribution >= 4 is 23.6 Å². The molecule has 0 atom stereocenters. The highest BCUT2D eigenvalue weighted by molar-refractivity contribution is 5.83. The van der Waals surface area contributed by atoms with Gasteiger partial charge in [-0.3, -0.25) is 9.69 Å². The van der Waals surface area contributed by atoms with E-state index in [1.807, 2.05) is 11.8 Å². The molecular formula is C19H29N7O3. The molecule has 0 aliphatic carbocycles. The minimum atomic E-state index is -0.398. The monoisotopic (exact) mass is 403 g/mol. The molecule has 2 amide bonds. The van der Waals surface area contributed by atoms with Gasteiger partial charge < -0.3 is 24.3 Å². The van der Waals surface area contributed by atoms with Crippen LogP contribution in [0.25, 0.3) is 0 Å². The lowest BCUT2D eigenvalue weighted by molar-refractivity contribution is -0.132. The van der Waals surface area contributed by atoms with Crippen molar-refractivity contribution in [2.75, 3.05) is 88.9 Å². The van der Waals surface area contributed by atoms with Gasteiger partial charge >= 0.3 is 6.09 Å². The minimum absolute atomic E-state index is 0.0273. The molecule has 0 unspecified atom stereocenters. The molecule has 29 heavy (non-hydrogen) atoms. The zero-order valence-corrected chi connectivity index (χ0v) is 17.2. The average molecular weight is 403 g/mol. The van der Waals surface area contributed by atoms with Crippen LogP contribution < -0.4 is 9.80 Å². The van der Waals surface area contributed by atoms with Crippen molar-refractivity contribution in [3.05, 3.63) is 11.9 Å². The summed E-state index contributed by atoms with van der Waals surface area (Å²) in [5.41, 5.74) is 0. The lowest BCUT2D eigenvalue weighted by Crippen LogP contribution is -2.51. The molecule has 1 aromatic heterocycles. The Morgan fingerprint density at radius 2 is 1.55 bits per heavy atom. The Hall–Kier alpha value is -2.62. The summed E-state index contributed by atoms with van der Waals surface area (Å²) in [6.07, 6.45) is -0.398. The minimum Gasteiger partial charge on any atom is -0.448 e. The Balaban J connectivity index is 1.35. The van der Waals surface area contributed by atoms with E-state index in [0.717, 1.165) is 56.7 Å². The van der Waals surface area contributed by atoms with Gasteiger partial charge in [-0.1, -0.05) is 0 Å². The Kier molecular flexibility index (Phi) is 5.70. The topological polar surface area (TPSA) is 85.4 Å². The molecule has 3 fully saturated rings. The summed E-state index contributed by atoms with van der Waals surface area (Å²) in [6.45, 7) is 9.54. The second-order valence-corrected chi connectivity index (χ2v) is 7.83. The maximum Gasteiger partial charge on any atom is 0.410 e. The first-order valence-corrected chi connectivity index (χ1v) is 10.2. The van der Waals surface area contributed by atoms with Gasteiger partial charge in [-0.15, -0.1) is 0 Å². The molecule has 3 aliphatic rings. The van der Waals surface area contributed by atoms with Gasteiger partial charge in [0.1, 0.15) is 30.6 Å². The number of carbonyl (C=O) groups excluding carboxylic acids is 2. The van der Waals surface area contributed by atoms with E-state index in [1.165, 1.54) is 4.90 Å². The molecule has 4 rings (SSSR count). The highest BCUT2D eigenvalue weighted by Gasteiger charge is 2.28. The summed E-state index contributed by atoms with van der Waals surface area (Å²) < 4.78 is 4.89. The number of hydrogen-bond donors (Lipinski definition) is 0. The molecule has 4 heterocycles. The smallest absolute Gasteiger partial charge is 0.410 e. The summed E-state index contributed by atoms with van der Waals surface area (Å²) in [7, 11) is 2.14. The standard InChI is InChI=1S/C19H29N7O3/c1-15-20-16(23-5-3-22(2)4-6-23)13-17(21-15)24-7-9-25(10-8-24)18(27)14-26-11-12-29-19(26)28/h13H,3-12,14H2,1-2H3. The first kappa shape index (κ1) is 19.7. The highest BCUT2D eigenvalue weighted by Crippen LogP contribution is 2.21. The molecule has 3 saturated heterocycles. The number of rotatable bonds is 4. The second-order valence-electron chi connectivity index (χ2n) is 7.83. The number of amides is 2. The SMILES string of the molecule is Cc1nc(N2CCN(C)CC2)cc(N2CCN(C(=O)CN3CCOC3=O)CC2)n1. The van der Waals surface area contributed by atoms with E-state index in [9.17, 15) is 9.59 Å². The molecule has 3 aliphatic heterocycles. The molecule has 0 aromatic carbocycles. The van der Waals surface area contributed by atoms with Gasteiger partial charge in [0.05, 0.1) is 6.54 Å². The van der Waals surface area contributed by atoms with Crippen LogP contribution in [0.15, 0.2) is 6.07 Å². The Morgan fingerprint density at radius 1 is 0.966 bits per heavy atom. The van der Waals surface area contributed by atoms with Crippen molar-refractivity contribution in [3.63, 3.8) is 0 Å². The zero-order valence-electron chi connectivity index (χ0n) is 17.2. The number of ether oxygens (including phenoxy) is 1. The number of likely N-dealkylation sites (N-methyl/N-ethyl adjacent to an activating group) is 1. The summed E-state index contributed by atoms with van der Waals surface area (Å²) in [4.78, 5) is 43.5. The van der Waals surface area contributed by atoms with Gasteiger partial charge in [-0.2, -0.15) is 0 Å². The Morgan fingerprint density at radius 3 is 2.10 bits per heavy atom. The van der Waals surface area contributed by atoms with E-state index < -0.39 is 6.09 Å². The zero-order chi connectivity index (χ0) is 20.4. The van der Waals surface area contributed by atoms with E-state index in [4.69, 9.17) is 4.74 Å². The van der Waals surface area contributed by atoms with E-state index in [1.54, 1.807) is 0 Å². The highest BCUT2D eigenvalue weighted by atomic mass is 16.6. The summed E-state index contributed by atoms with van der Waals surface area (Å²) in [5, 5.41) is 0. The number of cyclic esters (lactones) is 1. The van der Waals surface area contributed by atoms with Gasteiger partial charge in [0.2, 0.25) is 5.91 Å². The molecule has 10 heteroatoms. The van der Waals surface area contributed by atoms with Crippen LogP contribution in [-0.2, 0) is 9.53 Å². The van der Waals surface area contributed by atoms with Crippen molar-refractivity contribution in [1.29, 1.82) is 0 Å². The number of nitrogens with zero attached hydrogens (tertiary/aromatic N) is 7. The van der Waals surface area contributed by atoms with Crippen LogP contribution in [0.1, 0.15) is 5.82 Å². The third-order valence-electron chi connectivity index (χ3n) is 5.77. The number of aryl methyl sites for hydroxylation is 1. The summed E-state index contributed by atoms with van der Waals surface area (Å²) >= 11 is 0. The van der Waals surface area contributed by atoms with Crippen LogP contribution in [-0.4, -0.2) is 116 Å². The molecule has 1 aromatic rings. The van der Waals surface area contributed by atoms with Gasteiger partial charge in [0, 0.05) is 58.4 Å². The number of hydrogen-bond acceptors (Lipinski definition) is 8. The van der Waals surface area contributed by atoms with E-state index in [-0.39, 0.29) is 12.5 Å². The molecule has 0 spiro atoms. The molecule has 0 N–H and O–H groups in total. The number of carbonyl (C=O) groups is 2. The van der Waals surface area contributed by atoms with Crippen molar-refractivity contribution < 1.29 is 14.3 Å². The largest absolute Gasteiger partial charge is 0.448 e. The van der Waals surface area contributed by atoms with Gasteiger partial charge in [-0.25, -0.2) is 14.8 Å². The van der Waals surface area contributed by atoms with Gasteiger partial charge in [0.15, 0.2) is 0 Å². The van der Waals surface area contributed by atoms with Crippen LogP contribution in [0.5, 0.6) is 0 Å². The fraction of sp³-hybridized carbons (Fsp3) is 0.684. The quantitative estimate of drug-likeness (QED) is 0.674. The molecule has 0 bridgehead atoms. The first-order valence-electron chi connectivity index (χ1n) is 10.2. The Labute approximate surface area is 171 Å². The average Bonchev–Trinajstić information content (AvgIpc) is 3.12. The van der Waals surface area contributed by atoms with Crippen LogP contribution in [0.4, 0.5) is 16.4 Å². The van der Waals surface area contributed by atoms with Crippen LogP contribution in [0.3, 0.4) is 0 Å². The van der Waals surface area contributed by atoms with Crippen LogP contribution >= 0.6 is 0 Å². The number of aromatic nitrogens is 2. The van der Waals surface area contributed by atoms with Crippen molar-refractivity contribution in [1.82, 2.24) is 24.7 Å². The third-order valence-corrected chi connectivity index (χ3v) is 5.77. The predicted octanol–water partition coefficient (Wildman–Crippen LogP) is -0.362. The second kappa shape index (κ2) is 8.40. The fourth-order valence-corrected chi connectivity index (χ4v) is 3.91. The molecule has 10 nitrogen and oxygen atoms in total.